The predicted molar refractivity (Wildman–Crippen MR) is 67.9 cm³/mol. The lowest BCUT2D eigenvalue weighted by atomic mass is 10.1. The molecule has 0 spiro atoms. The van der Waals surface area contributed by atoms with Crippen molar-refractivity contribution >= 4 is 23.5 Å². The minimum absolute atomic E-state index is 0.137. The summed E-state index contributed by atoms with van der Waals surface area (Å²) in [7, 11) is 1.41. The number of rotatable bonds is 7. The number of thiophene rings is 1. The van der Waals surface area contributed by atoms with Crippen LogP contribution in [0.1, 0.15) is 35.4 Å². The van der Waals surface area contributed by atoms with E-state index >= 15 is 0 Å². The molecule has 1 heterocycles. The Morgan fingerprint density at radius 2 is 2.29 bits per heavy atom. The maximum atomic E-state index is 10.9. The van der Waals surface area contributed by atoms with E-state index in [1.165, 1.54) is 18.2 Å². The first-order chi connectivity index (χ1) is 8.26. The molecular weight excluding hydrogens is 238 g/mol. The summed E-state index contributed by atoms with van der Waals surface area (Å²) < 4.78 is 4.57. The van der Waals surface area contributed by atoms with E-state index in [-0.39, 0.29) is 5.97 Å². The average Bonchev–Trinajstić information content (AvgIpc) is 2.76. The zero-order chi connectivity index (χ0) is 12.5. The van der Waals surface area contributed by atoms with Crippen LogP contribution in [0.3, 0.4) is 0 Å². The maximum Gasteiger partial charge on any atom is 0.305 e. The molecule has 0 aromatic carbocycles. The van der Waals surface area contributed by atoms with Crippen LogP contribution in [-0.2, 0) is 16.0 Å². The summed E-state index contributed by atoms with van der Waals surface area (Å²) in [6, 6.07) is 3.98. The highest BCUT2D eigenvalue weighted by Crippen LogP contribution is 2.17. The van der Waals surface area contributed by atoms with Crippen LogP contribution >= 0.6 is 11.3 Å². The number of hydrogen-bond acceptors (Lipinski definition) is 5. The molecule has 0 amide bonds. The second kappa shape index (κ2) is 7.84. The molecule has 0 saturated heterocycles. The topological polar surface area (TPSA) is 58.9 Å². The Morgan fingerprint density at radius 3 is 3.00 bits per heavy atom. The molecule has 17 heavy (non-hydrogen) atoms. The SMILES string of the molecule is COC(=O)CCCCCc1ccc(/C=N\O)s1. The van der Waals surface area contributed by atoms with E-state index in [9.17, 15) is 4.79 Å². The largest absolute Gasteiger partial charge is 0.469 e. The van der Waals surface area contributed by atoms with Gasteiger partial charge in [0.2, 0.25) is 0 Å². The Bertz CT molecular complexity index is 374. The first-order valence-corrected chi connectivity index (χ1v) is 6.41. The standard InChI is InChI=1S/C12H17NO3S/c1-16-12(14)6-4-2-3-5-10-7-8-11(17-10)9-13-15/h7-9,15H,2-6H2,1H3/b13-9-. The third kappa shape index (κ3) is 5.49. The van der Waals surface area contributed by atoms with Crippen LogP contribution in [0, 0.1) is 0 Å². The summed E-state index contributed by atoms with van der Waals surface area (Å²) in [5, 5.41) is 11.4. The number of ether oxygens (including phenoxy) is 1. The van der Waals surface area contributed by atoms with E-state index in [0.717, 1.165) is 30.6 Å². The highest BCUT2D eigenvalue weighted by molar-refractivity contribution is 7.13. The molecule has 0 bridgehead atoms. The molecule has 1 rings (SSSR count). The summed E-state index contributed by atoms with van der Waals surface area (Å²) in [6.45, 7) is 0. The number of hydrogen-bond donors (Lipinski definition) is 1. The fourth-order valence-electron chi connectivity index (χ4n) is 1.50. The van der Waals surface area contributed by atoms with Gasteiger partial charge in [-0.15, -0.1) is 11.3 Å². The monoisotopic (exact) mass is 255 g/mol. The quantitative estimate of drug-likeness (QED) is 0.268. The molecule has 0 fully saturated rings. The molecule has 0 unspecified atom stereocenters. The van der Waals surface area contributed by atoms with Crippen molar-refractivity contribution < 1.29 is 14.7 Å². The molecule has 0 aliphatic heterocycles. The fourth-order valence-corrected chi connectivity index (χ4v) is 2.42. The molecular formula is C12H17NO3S. The van der Waals surface area contributed by atoms with E-state index in [2.05, 4.69) is 9.89 Å². The van der Waals surface area contributed by atoms with Crippen molar-refractivity contribution in [2.45, 2.75) is 32.1 Å². The Labute approximate surface area is 105 Å². The van der Waals surface area contributed by atoms with Gasteiger partial charge in [-0.3, -0.25) is 4.79 Å². The van der Waals surface area contributed by atoms with E-state index < -0.39 is 0 Å². The fraction of sp³-hybridized carbons (Fsp3) is 0.500. The minimum Gasteiger partial charge on any atom is -0.469 e. The smallest absolute Gasteiger partial charge is 0.305 e. The third-order valence-electron chi connectivity index (χ3n) is 2.40. The summed E-state index contributed by atoms with van der Waals surface area (Å²) >= 11 is 1.63. The zero-order valence-electron chi connectivity index (χ0n) is 9.89. The number of carbonyl (C=O) groups is 1. The molecule has 0 atom stereocenters. The van der Waals surface area contributed by atoms with Crippen LogP contribution in [0.4, 0.5) is 0 Å². The highest BCUT2D eigenvalue weighted by atomic mass is 32.1. The van der Waals surface area contributed by atoms with Crippen molar-refractivity contribution in [2.75, 3.05) is 7.11 Å². The van der Waals surface area contributed by atoms with Crippen molar-refractivity contribution in [3.05, 3.63) is 21.9 Å². The van der Waals surface area contributed by atoms with Gasteiger partial charge in [0.1, 0.15) is 0 Å². The van der Waals surface area contributed by atoms with Gasteiger partial charge in [-0.05, 0) is 31.4 Å². The molecule has 5 heteroatoms. The van der Waals surface area contributed by atoms with Crippen LogP contribution in [0.5, 0.6) is 0 Å². The number of unbranched alkanes of at least 4 members (excludes halogenated alkanes) is 2. The first-order valence-electron chi connectivity index (χ1n) is 5.59. The molecule has 1 N–H and O–H groups in total. The van der Waals surface area contributed by atoms with Crippen LogP contribution in [-0.4, -0.2) is 24.5 Å². The summed E-state index contributed by atoms with van der Waals surface area (Å²) in [5.74, 6) is -0.137. The number of nitrogens with zero attached hydrogens (tertiary/aromatic N) is 1. The number of methoxy groups -OCH3 is 1. The summed E-state index contributed by atoms with van der Waals surface area (Å²) in [4.78, 5) is 13.1. The zero-order valence-corrected chi connectivity index (χ0v) is 10.7. The van der Waals surface area contributed by atoms with Crippen molar-refractivity contribution in [1.29, 1.82) is 0 Å². The van der Waals surface area contributed by atoms with Gasteiger partial charge < -0.3 is 9.94 Å². The van der Waals surface area contributed by atoms with Gasteiger partial charge in [-0.2, -0.15) is 0 Å². The Morgan fingerprint density at radius 1 is 1.47 bits per heavy atom. The van der Waals surface area contributed by atoms with Gasteiger partial charge in [0.15, 0.2) is 0 Å². The lowest BCUT2D eigenvalue weighted by Crippen LogP contribution is -1.99. The van der Waals surface area contributed by atoms with Crippen molar-refractivity contribution in [3.63, 3.8) is 0 Å². The molecule has 0 aliphatic rings. The molecule has 1 aromatic heterocycles. The van der Waals surface area contributed by atoms with Crippen LogP contribution in [0.2, 0.25) is 0 Å². The van der Waals surface area contributed by atoms with Crippen LogP contribution in [0.15, 0.2) is 17.3 Å². The van der Waals surface area contributed by atoms with Crippen molar-refractivity contribution in [1.82, 2.24) is 0 Å². The van der Waals surface area contributed by atoms with Gasteiger partial charge in [0, 0.05) is 16.2 Å². The summed E-state index contributed by atoms with van der Waals surface area (Å²) in [5.41, 5.74) is 0. The van der Waals surface area contributed by atoms with Gasteiger partial charge in [0.05, 0.1) is 13.3 Å². The normalized spacial score (nSPS) is 10.9. The molecule has 1 aromatic rings. The van der Waals surface area contributed by atoms with Crippen molar-refractivity contribution in [2.24, 2.45) is 5.16 Å². The van der Waals surface area contributed by atoms with Crippen molar-refractivity contribution in [3.8, 4) is 0 Å². The highest BCUT2D eigenvalue weighted by Gasteiger charge is 2.01. The lowest BCUT2D eigenvalue weighted by molar-refractivity contribution is -0.140. The Kier molecular flexibility index (Phi) is 6.32. The molecule has 94 valence electrons. The second-order valence-electron chi connectivity index (χ2n) is 3.69. The molecule has 0 radical (unpaired) electrons. The second-order valence-corrected chi connectivity index (χ2v) is 4.89. The van der Waals surface area contributed by atoms with E-state index in [1.807, 2.05) is 12.1 Å². The number of carbonyl (C=O) groups excluding carboxylic acids is 1. The maximum absolute atomic E-state index is 10.9. The number of esters is 1. The van der Waals surface area contributed by atoms with Crippen LogP contribution in [0.25, 0.3) is 0 Å². The minimum atomic E-state index is -0.137. The molecule has 0 saturated carbocycles. The number of aryl methyl sites for hydroxylation is 1. The van der Waals surface area contributed by atoms with Gasteiger partial charge in [-0.25, -0.2) is 0 Å². The summed E-state index contributed by atoms with van der Waals surface area (Å²) in [6.07, 6.45) is 5.91. The molecule has 4 nitrogen and oxygen atoms in total. The third-order valence-corrected chi connectivity index (χ3v) is 3.48. The lowest BCUT2D eigenvalue weighted by Gasteiger charge is -1.99. The predicted octanol–water partition coefficient (Wildman–Crippen LogP) is 2.83. The van der Waals surface area contributed by atoms with Gasteiger partial charge in [0.25, 0.3) is 0 Å². The van der Waals surface area contributed by atoms with E-state index in [0.29, 0.717) is 6.42 Å². The Balaban J connectivity index is 2.15. The molecule has 0 aliphatic carbocycles. The first kappa shape index (κ1) is 13.7. The number of oxime groups is 1. The van der Waals surface area contributed by atoms with E-state index in [4.69, 9.17) is 5.21 Å². The van der Waals surface area contributed by atoms with E-state index in [1.54, 1.807) is 11.3 Å². The van der Waals surface area contributed by atoms with Gasteiger partial charge in [-0.1, -0.05) is 11.6 Å². The average molecular weight is 255 g/mol. The van der Waals surface area contributed by atoms with Crippen LogP contribution < -0.4 is 0 Å². The Hall–Kier alpha value is -1.36. The van der Waals surface area contributed by atoms with Gasteiger partial charge >= 0.3 is 5.97 Å².